The van der Waals surface area contributed by atoms with Crippen molar-refractivity contribution in [3.63, 3.8) is 0 Å². The number of guanidine groups is 1. The van der Waals surface area contributed by atoms with Gasteiger partial charge in [-0.25, -0.2) is 8.42 Å². The molecule has 0 amide bonds. The van der Waals surface area contributed by atoms with E-state index >= 15 is 0 Å². The Morgan fingerprint density at radius 3 is 2.43 bits per heavy atom. The Hall–Kier alpha value is -2.85. The molecule has 6 N–H and O–H groups in total. The summed E-state index contributed by atoms with van der Waals surface area (Å²) in [4.78, 5) is 17.2. The smallest absolute Gasteiger partial charge is 0.321 e. The van der Waals surface area contributed by atoms with Gasteiger partial charge in [-0.1, -0.05) is 24.3 Å². The molecular formula is C18H25N5O4S. The first-order chi connectivity index (χ1) is 13.1. The van der Waals surface area contributed by atoms with Crippen molar-refractivity contribution in [3.8, 4) is 0 Å². The van der Waals surface area contributed by atoms with Crippen molar-refractivity contribution in [2.75, 3.05) is 25.5 Å². The summed E-state index contributed by atoms with van der Waals surface area (Å²) >= 11 is 0. The molecule has 0 unspecified atom stereocenters. The lowest BCUT2D eigenvalue weighted by molar-refractivity contribution is -0.139. The Morgan fingerprint density at radius 2 is 1.82 bits per heavy atom. The van der Waals surface area contributed by atoms with E-state index in [1.54, 1.807) is 18.2 Å². The van der Waals surface area contributed by atoms with Crippen molar-refractivity contribution < 1.29 is 18.3 Å². The molecule has 0 aliphatic heterocycles. The van der Waals surface area contributed by atoms with E-state index in [0.29, 0.717) is 11.8 Å². The number of hydrogen-bond acceptors (Lipinski definition) is 5. The topological polar surface area (TPSA) is 151 Å². The first-order valence-electron chi connectivity index (χ1n) is 8.63. The van der Waals surface area contributed by atoms with Crippen LogP contribution in [0.15, 0.2) is 46.3 Å². The summed E-state index contributed by atoms with van der Waals surface area (Å²) in [7, 11) is -0.329. The first kappa shape index (κ1) is 21.5. The number of carboxylic acids is 1. The van der Waals surface area contributed by atoms with Gasteiger partial charge in [-0.05, 0) is 25.0 Å². The normalized spacial score (nSPS) is 12.5. The van der Waals surface area contributed by atoms with Crippen molar-refractivity contribution in [3.05, 3.63) is 36.4 Å². The summed E-state index contributed by atoms with van der Waals surface area (Å²) in [6.45, 7) is 0.217. The number of sulfonamides is 1. The van der Waals surface area contributed by atoms with Crippen molar-refractivity contribution in [1.82, 2.24) is 4.72 Å². The lowest BCUT2D eigenvalue weighted by Crippen LogP contribution is -2.40. The minimum atomic E-state index is -4.06. The molecule has 0 radical (unpaired) electrons. The van der Waals surface area contributed by atoms with Crippen molar-refractivity contribution in [1.29, 1.82) is 0 Å². The summed E-state index contributed by atoms with van der Waals surface area (Å²) in [6.07, 6.45) is 0.372. The summed E-state index contributed by atoms with van der Waals surface area (Å²) in [5, 5.41) is 10.7. The van der Waals surface area contributed by atoms with Crippen molar-refractivity contribution in [2.45, 2.75) is 23.8 Å². The Balaban J connectivity index is 2.34. The molecule has 152 valence electrons. The van der Waals surface area contributed by atoms with Crippen LogP contribution < -0.4 is 21.1 Å². The van der Waals surface area contributed by atoms with Crippen molar-refractivity contribution in [2.24, 2.45) is 16.5 Å². The fourth-order valence-corrected chi connectivity index (χ4v) is 4.32. The Bertz CT molecular complexity index is 985. The minimum absolute atomic E-state index is 0.0316. The number of nitrogens with one attached hydrogen (secondary N) is 1. The van der Waals surface area contributed by atoms with Crippen LogP contribution in [0.5, 0.6) is 0 Å². The zero-order valence-electron chi connectivity index (χ0n) is 15.8. The summed E-state index contributed by atoms with van der Waals surface area (Å²) in [5.74, 6) is -1.36. The second kappa shape index (κ2) is 8.89. The molecule has 0 saturated heterocycles. The molecule has 0 saturated carbocycles. The number of nitrogens with two attached hydrogens (primary N) is 2. The van der Waals surface area contributed by atoms with Gasteiger partial charge in [0.2, 0.25) is 10.0 Å². The SMILES string of the molecule is CN(C)c1cccc2c(S(=O)(=O)N[C@@H](CCCN=C(N)N)C(=O)O)cccc12. The van der Waals surface area contributed by atoms with Crippen LogP contribution >= 0.6 is 0 Å². The van der Waals surface area contributed by atoms with Gasteiger partial charge in [0.25, 0.3) is 0 Å². The van der Waals surface area contributed by atoms with Gasteiger partial charge in [0.05, 0.1) is 4.90 Å². The van der Waals surface area contributed by atoms with Gasteiger partial charge in [0.1, 0.15) is 6.04 Å². The van der Waals surface area contributed by atoms with Crippen LogP contribution in [0, 0.1) is 0 Å². The average molecular weight is 407 g/mol. The number of carbonyl (C=O) groups is 1. The number of fused-ring (bicyclic) bond motifs is 1. The predicted octanol–water partition coefficient (Wildman–Crippen LogP) is 0.691. The number of rotatable bonds is 9. The molecule has 1 atom stereocenters. The molecule has 0 aliphatic rings. The maximum Gasteiger partial charge on any atom is 0.321 e. The van der Waals surface area contributed by atoms with Gasteiger partial charge in [0, 0.05) is 37.1 Å². The fraction of sp³-hybridized carbons (Fsp3) is 0.333. The number of anilines is 1. The van der Waals surface area contributed by atoms with Crippen LogP contribution in [0.2, 0.25) is 0 Å². The van der Waals surface area contributed by atoms with E-state index in [1.807, 2.05) is 31.1 Å². The molecule has 0 heterocycles. The van der Waals surface area contributed by atoms with Gasteiger partial charge in [-0.3, -0.25) is 9.79 Å². The van der Waals surface area contributed by atoms with Gasteiger partial charge in [-0.15, -0.1) is 0 Å². The van der Waals surface area contributed by atoms with E-state index in [1.165, 1.54) is 6.07 Å². The summed E-state index contributed by atoms with van der Waals surface area (Å²) in [6, 6.07) is 8.99. The highest BCUT2D eigenvalue weighted by Crippen LogP contribution is 2.30. The number of carboxylic acid groups (broad SMARTS) is 1. The third-order valence-corrected chi connectivity index (χ3v) is 5.70. The van der Waals surface area contributed by atoms with Gasteiger partial charge >= 0.3 is 5.97 Å². The summed E-state index contributed by atoms with van der Waals surface area (Å²) < 4.78 is 28.1. The van der Waals surface area contributed by atoms with Gasteiger partial charge in [0.15, 0.2) is 5.96 Å². The Labute approximate surface area is 164 Å². The lowest BCUT2D eigenvalue weighted by Gasteiger charge is -2.18. The van der Waals surface area contributed by atoms with E-state index < -0.39 is 22.0 Å². The highest BCUT2D eigenvalue weighted by molar-refractivity contribution is 7.89. The minimum Gasteiger partial charge on any atom is -0.480 e. The van der Waals surface area contributed by atoms with Crippen LogP contribution in [0.4, 0.5) is 5.69 Å². The van der Waals surface area contributed by atoms with Gasteiger partial charge in [-0.2, -0.15) is 4.72 Å². The fourth-order valence-electron chi connectivity index (χ4n) is 2.88. The van der Waals surface area contributed by atoms with E-state index in [9.17, 15) is 18.3 Å². The molecule has 9 nitrogen and oxygen atoms in total. The van der Waals surface area contributed by atoms with Crippen molar-refractivity contribution >= 4 is 38.4 Å². The number of nitrogens with zero attached hydrogens (tertiary/aromatic N) is 2. The quantitative estimate of drug-likeness (QED) is 0.271. The van der Waals surface area contributed by atoms with Gasteiger partial charge < -0.3 is 21.5 Å². The Kier molecular flexibility index (Phi) is 6.81. The molecule has 2 aromatic carbocycles. The zero-order chi connectivity index (χ0) is 20.9. The molecule has 0 fully saturated rings. The molecule has 10 heteroatoms. The highest BCUT2D eigenvalue weighted by atomic mass is 32.2. The van der Waals surface area contributed by atoms with Crippen LogP contribution in [0.3, 0.4) is 0 Å². The highest BCUT2D eigenvalue weighted by Gasteiger charge is 2.26. The molecule has 28 heavy (non-hydrogen) atoms. The monoisotopic (exact) mass is 407 g/mol. The first-order valence-corrected chi connectivity index (χ1v) is 10.1. The number of aliphatic carboxylic acids is 1. The number of hydrogen-bond donors (Lipinski definition) is 4. The second-order valence-electron chi connectivity index (χ2n) is 6.48. The number of benzene rings is 2. The average Bonchev–Trinajstić information content (AvgIpc) is 2.62. The van der Waals surface area contributed by atoms with Crippen LogP contribution in [-0.2, 0) is 14.8 Å². The maximum atomic E-state index is 12.9. The standard InChI is InChI=1S/C18H25N5O4S/c1-23(2)15-9-3-7-13-12(15)6-4-10-16(13)28(26,27)22-14(17(24)25)8-5-11-21-18(19)20/h3-4,6-7,9-10,14,22H,5,8,11H2,1-2H3,(H,24,25)(H4,19,20,21)/t14-/m0/s1. The molecule has 0 aliphatic carbocycles. The van der Waals surface area contributed by atoms with E-state index in [-0.39, 0.29) is 23.8 Å². The predicted molar refractivity (Wildman–Crippen MR) is 110 cm³/mol. The molecule has 0 aromatic heterocycles. The number of aliphatic imine (C=N–C) groups is 1. The molecule has 0 spiro atoms. The zero-order valence-corrected chi connectivity index (χ0v) is 16.6. The Morgan fingerprint density at radius 1 is 1.18 bits per heavy atom. The molecule has 2 aromatic rings. The van der Waals surface area contributed by atoms with E-state index in [0.717, 1.165) is 11.1 Å². The third-order valence-electron chi connectivity index (χ3n) is 4.17. The lowest BCUT2D eigenvalue weighted by atomic mass is 10.1. The third kappa shape index (κ3) is 5.11. The summed E-state index contributed by atoms with van der Waals surface area (Å²) in [5.41, 5.74) is 11.3. The second-order valence-corrected chi connectivity index (χ2v) is 8.17. The molecule has 0 bridgehead atoms. The molecular weight excluding hydrogens is 382 g/mol. The molecule has 2 rings (SSSR count). The van der Waals surface area contributed by atoms with E-state index in [2.05, 4.69) is 9.71 Å². The van der Waals surface area contributed by atoms with Crippen LogP contribution in [-0.4, -0.2) is 52.1 Å². The van der Waals surface area contributed by atoms with Crippen LogP contribution in [0.1, 0.15) is 12.8 Å². The largest absolute Gasteiger partial charge is 0.480 e. The van der Waals surface area contributed by atoms with E-state index in [4.69, 9.17) is 11.5 Å². The van der Waals surface area contributed by atoms with Crippen LogP contribution in [0.25, 0.3) is 10.8 Å². The maximum absolute atomic E-state index is 12.9.